The lowest BCUT2D eigenvalue weighted by Gasteiger charge is -2.35. The minimum Gasteiger partial charge on any atom is -0.497 e. The van der Waals surface area contributed by atoms with Crippen molar-refractivity contribution < 1.29 is 32.6 Å². The Labute approximate surface area is 212 Å². The van der Waals surface area contributed by atoms with Crippen molar-refractivity contribution in [3.63, 3.8) is 0 Å². The number of benzene rings is 2. The van der Waals surface area contributed by atoms with E-state index in [1.807, 2.05) is 0 Å². The molecule has 0 saturated carbocycles. The van der Waals surface area contributed by atoms with Crippen LogP contribution in [-0.2, 0) is 16.6 Å². The van der Waals surface area contributed by atoms with Crippen LogP contribution in [0.2, 0.25) is 0 Å². The van der Waals surface area contributed by atoms with Gasteiger partial charge in [-0.1, -0.05) is 18.2 Å². The smallest absolute Gasteiger partial charge is 0.353 e. The number of fused-ring (bicyclic) bond motifs is 3. The SMILES string of the molecule is COc1cc(OC)cc(N2Cc3cnc4c(cc(C(=O)O)n4S(=O)(=O)c4ccccc4)c3N(C)C2=O)c1. The third kappa shape index (κ3) is 3.82. The Morgan fingerprint density at radius 2 is 1.68 bits per heavy atom. The number of aromatic carboxylic acids is 1. The van der Waals surface area contributed by atoms with Gasteiger partial charge in [0.1, 0.15) is 17.2 Å². The maximum absolute atomic E-state index is 13.5. The number of rotatable bonds is 6. The Morgan fingerprint density at radius 3 is 2.27 bits per heavy atom. The summed E-state index contributed by atoms with van der Waals surface area (Å²) >= 11 is 0. The Kier molecular flexibility index (Phi) is 5.75. The van der Waals surface area contributed by atoms with Crippen LogP contribution in [0.25, 0.3) is 11.0 Å². The zero-order chi connectivity index (χ0) is 26.5. The number of aromatic nitrogens is 2. The summed E-state index contributed by atoms with van der Waals surface area (Å²) in [6, 6.07) is 13.4. The maximum atomic E-state index is 13.5. The average molecular weight is 523 g/mol. The molecule has 0 saturated heterocycles. The summed E-state index contributed by atoms with van der Waals surface area (Å²) in [4.78, 5) is 32.7. The van der Waals surface area contributed by atoms with Gasteiger partial charge in [-0.25, -0.2) is 27.0 Å². The molecule has 0 radical (unpaired) electrons. The first-order chi connectivity index (χ1) is 17.7. The summed E-state index contributed by atoms with van der Waals surface area (Å²) in [6.07, 6.45) is 1.45. The fourth-order valence-corrected chi connectivity index (χ4v) is 5.89. The van der Waals surface area contributed by atoms with Gasteiger partial charge in [-0.05, 0) is 18.2 Å². The Bertz CT molecular complexity index is 1640. The van der Waals surface area contributed by atoms with Gasteiger partial charge in [0.25, 0.3) is 10.0 Å². The molecule has 3 heterocycles. The van der Waals surface area contributed by atoms with Crippen LogP contribution in [0.1, 0.15) is 16.1 Å². The molecular formula is C25H22N4O7S. The van der Waals surface area contributed by atoms with Gasteiger partial charge in [0.05, 0.1) is 37.0 Å². The van der Waals surface area contributed by atoms with E-state index >= 15 is 0 Å². The number of methoxy groups -OCH3 is 2. The highest BCUT2D eigenvalue weighted by molar-refractivity contribution is 7.90. The molecular weight excluding hydrogens is 500 g/mol. The second-order valence-corrected chi connectivity index (χ2v) is 10.1. The summed E-state index contributed by atoms with van der Waals surface area (Å²) in [5.74, 6) is -0.446. The highest BCUT2D eigenvalue weighted by Gasteiger charge is 2.35. The summed E-state index contributed by atoms with van der Waals surface area (Å²) in [5.41, 5.74) is 0.930. The highest BCUT2D eigenvalue weighted by Crippen LogP contribution is 2.39. The lowest BCUT2D eigenvalue weighted by atomic mass is 10.1. The number of pyridine rings is 1. The molecule has 190 valence electrons. The molecule has 0 aliphatic carbocycles. The molecule has 2 aromatic heterocycles. The van der Waals surface area contributed by atoms with E-state index in [9.17, 15) is 23.1 Å². The van der Waals surface area contributed by atoms with E-state index in [1.165, 1.54) is 55.5 Å². The van der Waals surface area contributed by atoms with Crippen molar-refractivity contribution in [2.75, 3.05) is 31.1 Å². The number of hydrogen-bond donors (Lipinski definition) is 1. The minimum absolute atomic E-state index is 0.0860. The number of ether oxygens (including phenoxy) is 2. The van der Waals surface area contributed by atoms with Crippen LogP contribution in [0.15, 0.2) is 65.7 Å². The number of hydrogen-bond acceptors (Lipinski definition) is 7. The second-order valence-electron chi connectivity index (χ2n) is 8.29. The Morgan fingerprint density at radius 1 is 1.03 bits per heavy atom. The van der Waals surface area contributed by atoms with Crippen molar-refractivity contribution >= 4 is 44.4 Å². The van der Waals surface area contributed by atoms with E-state index in [0.717, 1.165) is 0 Å². The molecule has 2 aromatic carbocycles. The normalized spacial score (nSPS) is 13.5. The van der Waals surface area contributed by atoms with Gasteiger partial charge in [-0.3, -0.25) is 9.80 Å². The number of urea groups is 1. The first-order valence-electron chi connectivity index (χ1n) is 11.0. The zero-order valence-corrected chi connectivity index (χ0v) is 20.9. The molecule has 0 atom stereocenters. The first kappa shape index (κ1) is 24.1. The van der Waals surface area contributed by atoms with Crippen molar-refractivity contribution in [1.82, 2.24) is 8.96 Å². The standard InChI is InChI=1S/C25H22N4O7S/c1-27-22-15(14-28(25(27)32)16-9-17(35-2)11-18(10-16)36-3)13-26-23-20(22)12-21(24(30)31)29(23)37(33,34)19-7-5-4-6-8-19/h4-13H,14H2,1-3H3,(H,30,31). The van der Waals surface area contributed by atoms with E-state index in [-0.39, 0.29) is 22.5 Å². The fraction of sp³-hybridized carbons (Fsp3) is 0.160. The second kappa shape index (κ2) is 8.82. The molecule has 1 aliphatic rings. The van der Waals surface area contributed by atoms with Gasteiger partial charge in [0, 0.05) is 42.4 Å². The monoisotopic (exact) mass is 522 g/mol. The third-order valence-electron chi connectivity index (χ3n) is 6.17. The van der Waals surface area contributed by atoms with Crippen LogP contribution in [0.3, 0.4) is 0 Å². The lowest BCUT2D eigenvalue weighted by Crippen LogP contribution is -2.45. The number of amides is 2. The summed E-state index contributed by atoms with van der Waals surface area (Å²) in [5, 5.41) is 10.1. The third-order valence-corrected chi connectivity index (χ3v) is 7.88. The lowest BCUT2D eigenvalue weighted by molar-refractivity contribution is 0.0689. The molecule has 1 N–H and O–H groups in total. The van der Waals surface area contributed by atoms with Gasteiger partial charge in [-0.15, -0.1) is 0 Å². The number of carboxylic acids is 1. The number of nitrogens with zero attached hydrogens (tertiary/aromatic N) is 4. The van der Waals surface area contributed by atoms with Crippen molar-refractivity contribution in [3.05, 3.63) is 72.1 Å². The van der Waals surface area contributed by atoms with Gasteiger partial charge in [0.2, 0.25) is 0 Å². The minimum atomic E-state index is -4.29. The molecule has 0 fully saturated rings. The molecule has 37 heavy (non-hydrogen) atoms. The van der Waals surface area contributed by atoms with E-state index in [0.29, 0.717) is 32.4 Å². The molecule has 5 rings (SSSR count). The zero-order valence-electron chi connectivity index (χ0n) is 20.1. The van der Waals surface area contributed by atoms with Crippen LogP contribution >= 0.6 is 0 Å². The largest absolute Gasteiger partial charge is 0.497 e. The van der Waals surface area contributed by atoms with Gasteiger partial charge < -0.3 is 14.6 Å². The number of anilines is 2. The number of carbonyl (C=O) groups is 2. The summed E-state index contributed by atoms with van der Waals surface area (Å²) in [6.45, 7) is 0.108. The van der Waals surface area contributed by atoms with Crippen LogP contribution in [0.5, 0.6) is 11.5 Å². The molecule has 0 unspecified atom stereocenters. The Balaban J connectivity index is 1.69. The fourth-order valence-electron chi connectivity index (χ4n) is 4.42. The molecule has 11 nitrogen and oxygen atoms in total. The van der Waals surface area contributed by atoms with Crippen LogP contribution in [-0.4, -0.2) is 55.7 Å². The first-order valence-corrected chi connectivity index (χ1v) is 12.5. The highest BCUT2D eigenvalue weighted by atomic mass is 32.2. The van der Waals surface area contributed by atoms with Crippen molar-refractivity contribution in [2.45, 2.75) is 11.4 Å². The molecule has 4 aromatic rings. The summed E-state index contributed by atoms with van der Waals surface area (Å²) < 4.78 is 38.3. The average Bonchev–Trinajstić information content (AvgIpc) is 3.31. The summed E-state index contributed by atoms with van der Waals surface area (Å²) in [7, 11) is 0.256. The van der Waals surface area contributed by atoms with Crippen LogP contribution in [0, 0.1) is 0 Å². The number of carboxylic acid groups (broad SMARTS) is 1. The van der Waals surface area contributed by atoms with E-state index in [4.69, 9.17) is 9.47 Å². The van der Waals surface area contributed by atoms with Crippen molar-refractivity contribution in [2.24, 2.45) is 0 Å². The molecule has 0 spiro atoms. The van der Waals surface area contributed by atoms with Gasteiger partial charge in [-0.2, -0.15) is 0 Å². The maximum Gasteiger partial charge on any atom is 0.353 e. The van der Waals surface area contributed by atoms with E-state index in [2.05, 4.69) is 4.98 Å². The molecule has 0 bridgehead atoms. The number of carbonyl (C=O) groups excluding carboxylic acids is 1. The van der Waals surface area contributed by atoms with E-state index < -0.39 is 27.7 Å². The predicted octanol–water partition coefficient (Wildman–Crippen LogP) is 3.57. The molecule has 1 aliphatic heterocycles. The Hall–Kier alpha value is -4.58. The van der Waals surface area contributed by atoms with Gasteiger partial charge in [0.15, 0.2) is 5.65 Å². The van der Waals surface area contributed by atoms with E-state index in [1.54, 1.807) is 36.4 Å². The van der Waals surface area contributed by atoms with Crippen molar-refractivity contribution in [1.29, 1.82) is 0 Å². The topological polar surface area (TPSA) is 131 Å². The quantitative estimate of drug-likeness (QED) is 0.407. The molecule has 2 amide bonds. The van der Waals surface area contributed by atoms with Crippen LogP contribution in [0.4, 0.5) is 16.2 Å². The van der Waals surface area contributed by atoms with Gasteiger partial charge >= 0.3 is 12.0 Å². The predicted molar refractivity (Wildman–Crippen MR) is 135 cm³/mol. The molecule has 12 heteroatoms. The van der Waals surface area contributed by atoms with Crippen molar-refractivity contribution in [3.8, 4) is 11.5 Å². The van der Waals surface area contributed by atoms with Crippen LogP contribution < -0.4 is 19.3 Å².